The highest BCUT2D eigenvalue weighted by molar-refractivity contribution is 5.76. The largest absolute Gasteiger partial charge is 0.103 e. The Morgan fingerprint density at radius 1 is 1.25 bits per heavy atom. The monoisotopic (exact) mass is 214 g/mol. The van der Waals surface area contributed by atoms with Crippen molar-refractivity contribution in [2.75, 3.05) is 0 Å². The molecule has 0 heteroatoms. The molecule has 0 bridgehead atoms. The number of hydrogen-bond acceptors (Lipinski definition) is 0. The van der Waals surface area contributed by atoms with Gasteiger partial charge in [-0.25, -0.2) is 0 Å². The molecule has 0 aromatic heterocycles. The van der Waals surface area contributed by atoms with Crippen LogP contribution in [-0.2, 0) is 0 Å². The summed E-state index contributed by atoms with van der Waals surface area (Å²) < 4.78 is 0. The first-order valence-corrected chi connectivity index (χ1v) is 6.01. The molecule has 16 heavy (non-hydrogen) atoms. The maximum Gasteiger partial charge on any atom is 0.00290 e. The van der Waals surface area contributed by atoms with E-state index in [1.165, 1.54) is 22.3 Å². The van der Waals surface area contributed by atoms with Crippen molar-refractivity contribution < 1.29 is 0 Å². The van der Waals surface area contributed by atoms with Crippen LogP contribution in [0.2, 0.25) is 0 Å². The van der Waals surface area contributed by atoms with Gasteiger partial charge in [0.2, 0.25) is 0 Å². The standard InChI is InChI=1S/C12H14.C4H8/c1-8-9(2)11-6-4-5-7-12(11)10(8)3;1-3-4-2/h4-7,9H,1-3H3;3H,1,4H2,2H3. The van der Waals surface area contributed by atoms with Gasteiger partial charge in [-0.1, -0.05) is 49.8 Å². The van der Waals surface area contributed by atoms with Crippen LogP contribution in [0.4, 0.5) is 0 Å². The lowest BCUT2D eigenvalue weighted by molar-refractivity contribution is 0.920. The fraction of sp³-hybridized carbons (Fsp3) is 0.375. The van der Waals surface area contributed by atoms with Crippen molar-refractivity contribution in [3.05, 3.63) is 53.6 Å². The van der Waals surface area contributed by atoms with Crippen LogP contribution in [0.3, 0.4) is 0 Å². The Kier molecular flexibility index (Phi) is 4.54. The first kappa shape index (κ1) is 12.8. The van der Waals surface area contributed by atoms with Gasteiger partial charge in [-0.05, 0) is 37.0 Å². The fourth-order valence-corrected chi connectivity index (χ4v) is 1.99. The molecule has 0 saturated carbocycles. The van der Waals surface area contributed by atoms with Gasteiger partial charge < -0.3 is 0 Å². The fourth-order valence-electron chi connectivity index (χ4n) is 1.99. The summed E-state index contributed by atoms with van der Waals surface area (Å²) in [6, 6.07) is 8.70. The lowest BCUT2D eigenvalue weighted by atomic mass is 9.99. The molecule has 1 aliphatic carbocycles. The zero-order valence-electron chi connectivity index (χ0n) is 10.9. The molecule has 86 valence electrons. The minimum atomic E-state index is 0.626. The van der Waals surface area contributed by atoms with E-state index in [0.717, 1.165) is 6.42 Å². The van der Waals surface area contributed by atoms with Crippen LogP contribution in [-0.4, -0.2) is 0 Å². The quantitative estimate of drug-likeness (QED) is 0.565. The average Bonchev–Trinajstić information content (AvgIpc) is 2.56. The molecule has 1 aliphatic rings. The van der Waals surface area contributed by atoms with Crippen molar-refractivity contribution >= 4 is 5.57 Å². The van der Waals surface area contributed by atoms with E-state index in [1.807, 2.05) is 6.08 Å². The Hall–Kier alpha value is -1.30. The summed E-state index contributed by atoms with van der Waals surface area (Å²) in [6.07, 6.45) is 2.96. The van der Waals surface area contributed by atoms with Gasteiger partial charge in [0.15, 0.2) is 0 Å². The Morgan fingerprint density at radius 2 is 1.81 bits per heavy atom. The van der Waals surface area contributed by atoms with Gasteiger partial charge in [-0.3, -0.25) is 0 Å². The predicted molar refractivity (Wildman–Crippen MR) is 73.6 cm³/mol. The lowest BCUT2D eigenvalue weighted by Crippen LogP contribution is -1.88. The molecular formula is C16H22. The van der Waals surface area contributed by atoms with Crippen molar-refractivity contribution in [3.63, 3.8) is 0 Å². The van der Waals surface area contributed by atoms with Crippen molar-refractivity contribution in [3.8, 4) is 0 Å². The molecule has 0 amide bonds. The molecule has 1 aromatic rings. The summed E-state index contributed by atoms with van der Waals surface area (Å²) in [5, 5.41) is 0. The van der Waals surface area contributed by atoms with Crippen LogP contribution >= 0.6 is 0 Å². The van der Waals surface area contributed by atoms with E-state index < -0.39 is 0 Å². The van der Waals surface area contributed by atoms with Crippen molar-refractivity contribution in [2.24, 2.45) is 0 Å². The summed E-state index contributed by atoms with van der Waals surface area (Å²) in [6.45, 7) is 12.3. The zero-order chi connectivity index (χ0) is 12.1. The molecule has 0 heterocycles. The first-order chi connectivity index (χ1) is 7.63. The van der Waals surface area contributed by atoms with Gasteiger partial charge in [0.05, 0.1) is 0 Å². The molecule has 0 N–H and O–H groups in total. The summed E-state index contributed by atoms with van der Waals surface area (Å²) >= 11 is 0. The predicted octanol–water partition coefficient (Wildman–Crippen LogP) is 5.18. The molecule has 0 aliphatic heterocycles. The van der Waals surface area contributed by atoms with Crippen LogP contribution in [0, 0.1) is 0 Å². The van der Waals surface area contributed by atoms with Gasteiger partial charge in [0.1, 0.15) is 0 Å². The highest BCUT2D eigenvalue weighted by Gasteiger charge is 2.21. The summed E-state index contributed by atoms with van der Waals surface area (Å²) in [5.41, 5.74) is 5.93. The van der Waals surface area contributed by atoms with Gasteiger partial charge in [-0.2, -0.15) is 0 Å². The Balaban J connectivity index is 0.000000280. The first-order valence-electron chi connectivity index (χ1n) is 6.01. The molecule has 2 rings (SSSR count). The molecule has 0 saturated heterocycles. The van der Waals surface area contributed by atoms with E-state index in [9.17, 15) is 0 Å². The summed E-state index contributed by atoms with van der Waals surface area (Å²) in [7, 11) is 0. The van der Waals surface area contributed by atoms with E-state index in [1.54, 1.807) is 0 Å². The smallest absolute Gasteiger partial charge is 0.00290 e. The molecule has 0 nitrogen and oxygen atoms in total. The van der Waals surface area contributed by atoms with Crippen LogP contribution in [0.5, 0.6) is 0 Å². The SMILES string of the molecule is C=CCC.CC1=C(C)C(C)c2ccccc21. The van der Waals surface area contributed by atoms with E-state index in [4.69, 9.17) is 0 Å². The van der Waals surface area contributed by atoms with E-state index in [-0.39, 0.29) is 0 Å². The highest BCUT2D eigenvalue weighted by atomic mass is 14.3. The van der Waals surface area contributed by atoms with Crippen LogP contribution < -0.4 is 0 Å². The Labute approximate surface area is 99.7 Å². The number of hydrogen-bond donors (Lipinski definition) is 0. The molecule has 1 atom stereocenters. The Morgan fingerprint density at radius 3 is 2.31 bits per heavy atom. The van der Waals surface area contributed by atoms with E-state index >= 15 is 0 Å². The van der Waals surface area contributed by atoms with Crippen molar-refractivity contribution in [2.45, 2.75) is 40.0 Å². The molecule has 0 spiro atoms. The van der Waals surface area contributed by atoms with Crippen LogP contribution in [0.25, 0.3) is 5.57 Å². The highest BCUT2D eigenvalue weighted by Crippen LogP contribution is 2.40. The number of benzene rings is 1. The maximum atomic E-state index is 3.48. The third-order valence-electron chi connectivity index (χ3n) is 3.36. The van der Waals surface area contributed by atoms with Crippen LogP contribution in [0.1, 0.15) is 51.2 Å². The minimum Gasteiger partial charge on any atom is -0.103 e. The lowest BCUT2D eigenvalue weighted by Gasteiger charge is -2.05. The molecule has 0 radical (unpaired) electrons. The molecule has 1 unspecified atom stereocenters. The summed E-state index contributed by atoms with van der Waals surface area (Å²) in [5.74, 6) is 0.626. The number of allylic oxidation sites excluding steroid dienone is 3. The normalized spacial score (nSPS) is 17.6. The van der Waals surface area contributed by atoms with Crippen LogP contribution in [0.15, 0.2) is 42.5 Å². The number of fused-ring (bicyclic) bond motifs is 1. The van der Waals surface area contributed by atoms with Gasteiger partial charge >= 0.3 is 0 Å². The second kappa shape index (κ2) is 5.69. The van der Waals surface area contributed by atoms with E-state index in [2.05, 4.69) is 58.5 Å². The third kappa shape index (κ3) is 2.44. The Bertz CT molecular complexity index is 396. The molecule has 0 fully saturated rings. The second-order valence-corrected chi connectivity index (χ2v) is 4.31. The number of rotatable bonds is 1. The second-order valence-electron chi connectivity index (χ2n) is 4.31. The van der Waals surface area contributed by atoms with Gasteiger partial charge in [0, 0.05) is 5.92 Å². The maximum absolute atomic E-state index is 3.48. The average molecular weight is 214 g/mol. The zero-order valence-corrected chi connectivity index (χ0v) is 10.9. The topological polar surface area (TPSA) is 0 Å². The van der Waals surface area contributed by atoms with Crippen molar-refractivity contribution in [1.29, 1.82) is 0 Å². The van der Waals surface area contributed by atoms with Gasteiger partial charge in [0.25, 0.3) is 0 Å². The molecular weight excluding hydrogens is 192 g/mol. The summed E-state index contributed by atoms with van der Waals surface area (Å²) in [4.78, 5) is 0. The third-order valence-corrected chi connectivity index (χ3v) is 3.36. The van der Waals surface area contributed by atoms with E-state index in [0.29, 0.717) is 5.92 Å². The van der Waals surface area contributed by atoms with Crippen molar-refractivity contribution in [1.82, 2.24) is 0 Å². The minimum absolute atomic E-state index is 0.626. The van der Waals surface area contributed by atoms with Gasteiger partial charge in [-0.15, -0.1) is 6.58 Å². The molecule has 1 aromatic carbocycles.